The van der Waals surface area contributed by atoms with Crippen molar-refractivity contribution in [3.05, 3.63) is 35.4 Å². The van der Waals surface area contributed by atoms with Crippen LogP contribution >= 0.6 is 0 Å². The van der Waals surface area contributed by atoms with Crippen molar-refractivity contribution < 1.29 is 9.53 Å². The molecule has 1 aliphatic carbocycles. The van der Waals surface area contributed by atoms with Crippen molar-refractivity contribution in [2.45, 2.75) is 44.7 Å². The van der Waals surface area contributed by atoms with Crippen LogP contribution in [0.15, 0.2) is 24.3 Å². The lowest BCUT2D eigenvalue weighted by Gasteiger charge is -2.29. The van der Waals surface area contributed by atoms with Gasteiger partial charge in [-0.15, -0.1) is 0 Å². The van der Waals surface area contributed by atoms with Gasteiger partial charge in [-0.05, 0) is 37.5 Å². The fourth-order valence-electron chi connectivity index (χ4n) is 3.67. The van der Waals surface area contributed by atoms with Gasteiger partial charge in [-0.2, -0.15) is 9.97 Å². The Bertz CT molecular complexity index is 872. The Morgan fingerprint density at radius 3 is 2.93 bits per heavy atom. The van der Waals surface area contributed by atoms with E-state index in [0.717, 1.165) is 36.9 Å². The number of ether oxygens (including phenoxy) is 1. The fourth-order valence-corrected chi connectivity index (χ4v) is 3.67. The summed E-state index contributed by atoms with van der Waals surface area (Å²) in [4.78, 5) is 21.7. The van der Waals surface area contributed by atoms with Crippen LogP contribution in [-0.2, 0) is 0 Å². The first-order valence-electron chi connectivity index (χ1n) is 9.79. The Balaban J connectivity index is 1.70. The van der Waals surface area contributed by atoms with Crippen molar-refractivity contribution in [1.29, 1.82) is 0 Å². The van der Waals surface area contributed by atoms with Crippen molar-refractivity contribution >= 4 is 23.4 Å². The van der Waals surface area contributed by atoms with Gasteiger partial charge < -0.3 is 26.4 Å². The molecule has 8 heteroatoms. The van der Waals surface area contributed by atoms with E-state index >= 15 is 0 Å². The summed E-state index contributed by atoms with van der Waals surface area (Å²) in [6, 6.07) is 8.06. The third kappa shape index (κ3) is 4.01. The second-order valence-electron chi connectivity index (χ2n) is 7.37. The van der Waals surface area contributed by atoms with Crippen LogP contribution in [0.5, 0.6) is 5.88 Å². The average Bonchev–Trinajstić information content (AvgIpc) is 2.85. The number of nitrogens with one attached hydrogen (secondary N) is 3. The van der Waals surface area contributed by atoms with Crippen molar-refractivity contribution in [3.63, 3.8) is 0 Å². The molecule has 1 amide bonds. The first-order chi connectivity index (χ1) is 13.6. The van der Waals surface area contributed by atoms with Gasteiger partial charge in [-0.3, -0.25) is 4.79 Å². The van der Waals surface area contributed by atoms with Gasteiger partial charge in [0.1, 0.15) is 12.2 Å². The first-order valence-corrected chi connectivity index (χ1v) is 9.79. The number of carbonyl (C=O) groups excluding carboxylic acids is 1. The van der Waals surface area contributed by atoms with Crippen LogP contribution in [0.4, 0.5) is 17.5 Å². The highest BCUT2D eigenvalue weighted by Crippen LogP contribution is 2.30. The molecule has 2 aromatic rings. The molecule has 2 atom stereocenters. The summed E-state index contributed by atoms with van der Waals surface area (Å²) in [5.41, 5.74) is 8.53. The highest BCUT2D eigenvalue weighted by atomic mass is 16.5. The lowest BCUT2D eigenvalue weighted by molar-refractivity contribution is 0.0957. The maximum Gasteiger partial charge on any atom is 0.260 e. The molecule has 1 fully saturated rings. The molecule has 148 valence electrons. The van der Waals surface area contributed by atoms with Gasteiger partial charge in [0.2, 0.25) is 11.8 Å². The van der Waals surface area contributed by atoms with Crippen LogP contribution in [0.2, 0.25) is 0 Å². The highest BCUT2D eigenvalue weighted by Gasteiger charge is 2.27. The molecule has 0 spiro atoms. The van der Waals surface area contributed by atoms with Gasteiger partial charge in [-0.25, -0.2) is 0 Å². The topological polar surface area (TPSA) is 114 Å². The number of carbonyl (C=O) groups is 1. The van der Waals surface area contributed by atoms with Crippen molar-refractivity contribution in [1.82, 2.24) is 15.3 Å². The summed E-state index contributed by atoms with van der Waals surface area (Å²) in [7, 11) is 0. The average molecular weight is 382 g/mol. The molecule has 4 rings (SSSR count). The summed E-state index contributed by atoms with van der Waals surface area (Å²) in [5.74, 6) is 0.878. The van der Waals surface area contributed by atoms with E-state index in [0.29, 0.717) is 30.5 Å². The molecule has 28 heavy (non-hydrogen) atoms. The molecule has 1 aromatic carbocycles. The number of anilines is 3. The quantitative estimate of drug-likeness (QED) is 0.642. The number of hydrogen-bond acceptors (Lipinski definition) is 7. The smallest absolute Gasteiger partial charge is 0.260 e. The lowest BCUT2D eigenvalue weighted by atomic mass is 9.91. The molecular formula is C20H26N6O2. The monoisotopic (exact) mass is 382 g/mol. The van der Waals surface area contributed by atoms with E-state index in [4.69, 9.17) is 10.5 Å². The second-order valence-corrected chi connectivity index (χ2v) is 7.37. The molecule has 0 radical (unpaired) electrons. The molecule has 5 N–H and O–H groups in total. The molecule has 8 nitrogen and oxygen atoms in total. The zero-order valence-corrected chi connectivity index (χ0v) is 16.0. The minimum Gasteiger partial charge on any atom is -0.475 e. The Hall–Kier alpha value is -2.87. The number of rotatable bonds is 4. The van der Waals surface area contributed by atoms with Crippen LogP contribution in [-0.4, -0.2) is 41.1 Å². The Morgan fingerprint density at radius 1 is 1.25 bits per heavy atom. The van der Waals surface area contributed by atoms with Crippen molar-refractivity contribution in [3.8, 4) is 5.88 Å². The van der Waals surface area contributed by atoms with E-state index in [1.165, 1.54) is 0 Å². The van der Waals surface area contributed by atoms with Gasteiger partial charge in [0.15, 0.2) is 5.82 Å². The van der Waals surface area contributed by atoms with Crippen LogP contribution in [0.3, 0.4) is 0 Å². The number of hydrogen-bond donors (Lipinski definition) is 4. The third-order valence-corrected chi connectivity index (χ3v) is 5.14. The summed E-state index contributed by atoms with van der Waals surface area (Å²) in [6.45, 7) is 2.80. The summed E-state index contributed by atoms with van der Waals surface area (Å²) in [5, 5.41) is 9.43. The van der Waals surface area contributed by atoms with E-state index in [-0.39, 0.29) is 23.9 Å². The molecule has 0 bridgehead atoms. The van der Waals surface area contributed by atoms with Crippen LogP contribution < -0.4 is 26.4 Å². The number of nitrogens with two attached hydrogens (primary N) is 1. The van der Waals surface area contributed by atoms with Gasteiger partial charge in [-0.1, -0.05) is 25.0 Å². The number of nitrogens with zero attached hydrogens (tertiary/aromatic N) is 2. The number of amides is 1. The second kappa shape index (κ2) is 8.02. The van der Waals surface area contributed by atoms with E-state index in [1.54, 1.807) is 0 Å². The van der Waals surface area contributed by atoms with Gasteiger partial charge in [0.05, 0.1) is 6.54 Å². The van der Waals surface area contributed by atoms with Crippen LogP contribution in [0.25, 0.3) is 0 Å². The van der Waals surface area contributed by atoms with Gasteiger partial charge >= 0.3 is 0 Å². The molecule has 1 aliphatic heterocycles. The number of aromatic nitrogens is 2. The molecule has 2 heterocycles. The molecular weight excluding hydrogens is 356 g/mol. The van der Waals surface area contributed by atoms with Crippen LogP contribution in [0, 0.1) is 6.92 Å². The Labute approximate surface area is 164 Å². The van der Waals surface area contributed by atoms with Crippen molar-refractivity contribution in [2.24, 2.45) is 5.73 Å². The zero-order valence-electron chi connectivity index (χ0n) is 16.0. The predicted molar refractivity (Wildman–Crippen MR) is 108 cm³/mol. The third-order valence-electron chi connectivity index (χ3n) is 5.14. The minimum absolute atomic E-state index is 0.0635. The lowest BCUT2D eigenvalue weighted by Crippen LogP contribution is -2.43. The molecule has 2 unspecified atom stereocenters. The number of benzene rings is 1. The summed E-state index contributed by atoms with van der Waals surface area (Å²) >= 11 is 0. The van der Waals surface area contributed by atoms with Gasteiger partial charge in [0.25, 0.3) is 5.91 Å². The molecule has 1 aromatic heterocycles. The molecule has 1 saturated carbocycles. The fraction of sp³-hybridized carbons (Fsp3) is 0.450. The number of fused-ring (bicyclic) bond motifs is 1. The highest BCUT2D eigenvalue weighted by molar-refractivity contribution is 6.02. The van der Waals surface area contributed by atoms with Crippen molar-refractivity contribution in [2.75, 3.05) is 23.8 Å². The SMILES string of the molecule is Cc1cccc(Nc2nc(NC3CCCCC3N)nc3c2C(=O)NCCO3)c1. The van der Waals surface area contributed by atoms with E-state index in [1.807, 2.05) is 31.2 Å². The normalized spacial score (nSPS) is 21.7. The summed E-state index contributed by atoms with van der Waals surface area (Å²) < 4.78 is 5.73. The largest absolute Gasteiger partial charge is 0.475 e. The molecule has 2 aliphatic rings. The Morgan fingerprint density at radius 2 is 2.11 bits per heavy atom. The first kappa shape index (κ1) is 18.5. The predicted octanol–water partition coefficient (Wildman–Crippen LogP) is 2.33. The van der Waals surface area contributed by atoms with E-state index in [9.17, 15) is 4.79 Å². The van der Waals surface area contributed by atoms with E-state index in [2.05, 4.69) is 25.9 Å². The van der Waals surface area contributed by atoms with E-state index < -0.39 is 0 Å². The number of aryl methyl sites for hydroxylation is 1. The van der Waals surface area contributed by atoms with Crippen LogP contribution in [0.1, 0.15) is 41.6 Å². The minimum atomic E-state index is -0.247. The maximum absolute atomic E-state index is 12.6. The Kier molecular flexibility index (Phi) is 5.29. The zero-order chi connectivity index (χ0) is 19.5. The standard InChI is InChI=1S/C20H26N6O2/c1-12-5-4-6-13(11-12)23-17-16-18(27)22-9-10-28-19(16)26-20(25-17)24-15-8-3-2-7-14(15)21/h4-6,11,14-15H,2-3,7-10,21H2,1H3,(H,22,27)(H2,23,24,25,26). The maximum atomic E-state index is 12.6. The summed E-state index contributed by atoms with van der Waals surface area (Å²) in [6.07, 6.45) is 4.23. The van der Waals surface area contributed by atoms with Gasteiger partial charge in [0, 0.05) is 17.8 Å². The molecule has 0 saturated heterocycles.